The van der Waals surface area contributed by atoms with Crippen LogP contribution in [0.5, 0.6) is 5.75 Å². The molecule has 4 rings (SSSR count). The molecular formula is C24H26FNO4. The topological polar surface area (TPSA) is 82.7 Å². The first-order valence-electron chi connectivity index (χ1n) is 10.1. The SMILES string of the molecule is Cc1cc(-n2c(CC(C)(C)O)c(C3CC(C(=O)O)C3)c3c(O)cccc32)ccc1F. The van der Waals surface area contributed by atoms with Crippen LogP contribution in [0, 0.1) is 18.7 Å². The Bertz CT molecular complexity index is 1140. The number of aliphatic carboxylic acids is 1. The van der Waals surface area contributed by atoms with Gasteiger partial charge in [-0.05, 0) is 81.0 Å². The monoisotopic (exact) mass is 411 g/mol. The molecule has 0 bridgehead atoms. The molecule has 0 atom stereocenters. The molecule has 0 aliphatic heterocycles. The minimum atomic E-state index is -1.03. The Kier molecular flexibility index (Phi) is 4.85. The zero-order valence-electron chi connectivity index (χ0n) is 17.3. The van der Waals surface area contributed by atoms with E-state index in [-0.39, 0.29) is 17.5 Å². The van der Waals surface area contributed by atoms with Crippen LogP contribution >= 0.6 is 0 Å². The van der Waals surface area contributed by atoms with Gasteiger partial charge in [0, 0.05) is 23.2 Å². The number of aryl methyl sites for hydroxylation is 1. The predicted molar refractivity (Wildman–Crippen MR) is 113 cm³/mol. The summed E-state index contributed by atoms with van der Waals surface area (Å²) in [5.41, 5.74) is 2.67. The molecule has 5 nitrogen and oxygen atoms in total. The Balaban J connectivity index is 2.00. The van der Waals surface area contributed by atoms with Crippen LogP contribution in [0.2, 0.25) is 0 Å². The van der Waals surface area contributed by atoms with Crippen LogP contribution in [0.1, 0.15) is 49.4 Å². The van der Waals surface area contributed by atoms with E-state index >= 15 is 0 Å². The zero-order valence-corrected chi connectivity index (χ0v) is 17.3. The number of benzene rings is 2. The second-order valence-electron chi connectivity index (χ2n) is 8.99. The van der Waals surface area contributed by atoms with E-state index in [0.29, 0.717) is 30.2 Å². The van der Waals surface area contributed by atoms with Crippen molar-refractivity contribution in [2.75, 3.05) is 0 Å². The number of carbonyl (C=O) groups is 1. The molecule has 1 saturated carbocycles. The molecule has 1 aliphatic rings. The average molecular weight is 411 g/mol. The van der Waals surface area contributed by atoms with Crippen molar-refractivity contribution in [2.24, 2.45) is 5.92 Å². The van der Waals surface area contributed by atoms with Gasteiger partial charge in [-0.1, -0.05) is 6.07 Å². The summed E-state index contributed by atoms with van der Waals surface area (Å²) in [6.45, 7) is 5.13. The Morgan fingerprint density at radius 2 is 1.93 bits per heavy atom. The summed E-state index contributed by atoms with van der Waals surface area (Å²) >= 11 is 0. The maximum atomic E-state index is 13.9. The van der Waals surface area contributed by atoms with Gasteiger partial charge in [-0.25, -0.2) is 4.39 Å². The average Bonchev–Trinajstić information content (AvgIpc) is 2.89. The normalized spacial score (nSPS) is 19.1. The van der Waals surface area contributed by atoms with Gasteiger partial charge in [0.15, 0.2) is 0 Å². The maximum Gasteiger partial charge on any atom is 0.306 e. The van der Waals surface area contributed by atoms with E-state index in [0.717, 1.165) is 22.5 Å². The van der Waals surface area contributed by atoms with E-state index in [1.54, 1.807) is 45.0 Å². The van der Waals surface area contributed by atoms with E-state index < -0.39 is 17.5 Å². The fraction of sp³-hybridized carbons (Fsp3) is 0.375. The highest BCUT2D eigenvalue weighted by atomic mass is 19.1. The number of halogens is 1. The number of aromatic nitrogens is 1. The first kappa shape index (κ1) is 20.4. The van der Waals surface area contributed by atoms with Crippen molar-refractivity contribution in [3.8, 4) is 11.4 Å². The van der Waals surface area contributed by atoms with E-state index in [9.17, 15) is 24.5 Å². The van der Waals surface area contributed by atoms with Crippen molar-refractivity contribution >= 4 is 16.9 Å². The van der Waals surface area contributed by atoms with Crippen molar-refractivity contribution in [1.29, 1.82) is 0 Å². The summed E-state index contributed by atoms with van der Waals surface area (Å²) in [4.78, 5) is 11.4. The fourth-order valence-electron chi connectivity index (χ4n) is 4.54. The number of aromatic hydroxyl groups is 1. The molecule has 0 amide bonds. The molecule has 158 valence electrons. The number of rotatable bonds is 5. The van der Waals surface area contributed by atoms with Crippen molar-refractivity contribution in [1.82, 2.24) is 4.57 Å². The number of hydrogen-bond acceptors (Lipinski definition) is 3. The van der Waals surface area contributed by atoms with Crippen LogP contribution in [-0.4, -0.2) is 31.5 Å². The number of nitrogens with zero attached hydrogens (tertiary/aromatic N) is 1. The lowest BCUT2D eigenvalue weighted by Gasteiger charge is -2.34. The van der Waals surface area contributed by atoms with Gasteiger partial charge in [-0.3, -0.25) is 4.79 Å². The Morgan fingerprint density at radius 1 is 1.23 bits per heavy atom. The Morgan fingerprint density at radius 3 is 2.53 bits per heavy atom. The van der Waals surface area contributed by atoms with Gasteiger partial charge in [0.2, 0.25) is 0 Å². The van der Waals surface area contributed by atoms with Gasteiger partial charge < -0.3 is 19.9 Å². The third kappa shape index (κ3) is 3.45. The second-order valence-corrected chi connectivity index (χ2v) is 8.99. The van der Waals surface area contributed by atoms with Crippen LogP contribution in [-0.2, 0) is 11.2 Å². The predicted octanol–water partition coefficient (Wildman–Crippen LogP) is 4.68. The third-order valence-corrected chi connectivity index (χ3v) is 6.01. The summed E-state index contributed by atoms with van der Waals surface area (Å²) in [5, 5.41) is 31.4. The summed E-state index contributed by atoms with van der Waals surface area (Å²) in [5.74, 6) is -1.41. The Hall–Kier alpha value is -2.86. The lowest BCUT2D eigenvalue weighted by atomic mass is 9.70. The fourth-order valence-corrected chi connectivity index (χ4v) is 4.54. The second kappa shape index (κ2) is 7.13. The van der Waals surface area contributed by atoms with Crippen molar-refractivity contribution in [3.05, 3.63) is 59.0 Å². The summed E-state index contributed by atoms with van der Waals surface area (Å²) in [6.07, 6.45) is 1.29. The van der Waals surface area contributed by atoms with Crippen molar-refractivity contribution in [3.63, 3.8) is 0 Å². The number of carboxylic acid groups (broad SMARTS) is 1. The van der Waals surface area contributed by atoms with Gasteiger partial charge >= 0.3 is 5.97 Å². The van der Waals surface area contributed by atoms with Crippen molar-refractivity contribution < 1.29 is 24.5 Å². The molecule has 1 fully saturated rings. The first-order chi connectivity index (χ1) is 14.1. The highest BCUT2D eigenvalue weighted by molar-refractivity contribution is 5.93. The van der Waals surface area contributed by atoms with Crippen LogP contribution in [0.4, 0.5) is 4.39 Å². The third-order valence-electron chi connectivity index (χ3n) is 6.01. The molecule has 3 aromatic rings. The van der Waals surface area contributed by atoms with Crippen LogP contribution in [0.3, 0.4) is 0 Å². The smallest absolute Gasteiger partial charge is 0.306 e. The first-order valence-corrected chi connectivity index (χ1v) is 10.1. The lowest BCUT2D eigenvalue weighted by Crippen LogP contribution is -2.30. The van der Waals surface area contributed by atoms with E-state index in [1.807, 2.05) is 10.6 Å². The molecule has 1 heterocycles. The van der Waals surface area contributed by atoms with E-state index in [2.05, 4.69) is 0 Å². The lowest BCUT2D eigenvalue weighted by molar-refractivity contribution is -0.145. The number of phenols is 1. The summed E-state index contributed by atoms with van der Waals surface area (Å²) in [6, 6.07) is 10.1. The van der Waals surface area contributed by atoms with Crippen LogP contribution in [0.25, 0.3) is 16.6 Å². The van der Waals surface area contributed by atoms with Gasteiger partial charge in [0.25, 0.3) is 0 Å². The number of carboxylic acids is 1. The molecule has 2 aromatic carbocycles. The van der Waals surface area contributed by atoms with Gasteiger partial charge in [-0.15, -0.1) is 0 Å². The number of hydrogen-bond donors (Lipinski definition) is 3. The number of phenolic OH excluding ortho intramolecular Hbond substituents is 1. The van der Waals surface area contributed by atoms with Gasteiger partial charge in [0.1, 0.15) is 11.6 Å². The number of aliphatic hydroxyl groups is 1. The van der Waals surface area contributed by atoms with E-state index in [4.69, 9.17) is 0 Å². The highest BCUT2D eigenvalue weighted by Crippen LogP contribution is 2.49. The minimum Gasteiger partial charge on any atom is -0.507 e. The summed E-state index contributed by atoms with van der Waals surface area (Å²) in [7, 11) is 0. The molecule has 1 aromatic heterocycles. The Labute approximate surface area is 174 Å². The molecule has 1 aliphatic carbocycles. The molecule has 0 radical (unpaired) electrons. The van der Waals surface area contributed by atoms with E-state index in [1.165, 1.54) is 6.07 Å². The molecular weight excluding hydrogens is 385 g/mol. The zero-order chi connectivity index (χ0) is 21.8. The van der Waals surface area contributed by atoms with Crippen LogP contribution < -0.4 is 0 Å². The largest absolute Gasteiger partial charge is 0.507 e. The molecule has 0 spiro atoms. The molecule has 0 unspecified atom stereocenters. The minimum absolute atomic E-state index is 0.0259. The van der Waals surface area contributed by atoms with Crippen LogP contribution in [0.15, 0.2) is 36.4 Å². The molecule has 6 heteroatoms. The maximum absolute atomic E-state index is 13.9. The molecule has 3 N–H and O–H groups in total. The van der Waals surface area contributed by atoms with Gasteiger partial charge in [0.05, 0.1) is 17.0 Å². The quantitative estimate of drug-likeness (QED) is 0.570. The number of fused-ring (bicyclic) bond motifs is 1. The summed E-state index contributed by atoms with van der Waals surface area (Å²) < 4.78 is 15.9. The van der Waals surface area contributed by atoms with Gasteiger partial charge in [-0.2, -0.15) is 0 Å². The molecule has 30 heavy (non-hydrogen) atoms. The standard InChI is InChI=1S/C24H26FNO4/c1-13-9-16(7-8-17(13)25)26-18-5-4-6-20(27)22(18)21(19(26)12-24(2,3)30)14-10-15(11-14)23(28)29/h4-9,14-15,27,30H,10-12H2,1-3H3,(H,28,29). The highest BCUT2D eigenvalue weighted by Gasteiger charge is 2.40. The van der Waals surface area contributed by atoms with Crippen molar-refractivity contribution in [2.45, 2.75) is 51.6 Å². The molecule has 0 saturated heterocycles.